The number of rotatable bonds is 3. The third kappa shape index (κ3) is 2.89. The molecule has 1 aliphatic heterocycles. The van der Waals surface area contributed by atoms with E-state index in [4.69, 9.17) is 9.63 Å². The topological polar surface area (TPSA) is 79.5 Å². The summed E-state index contributed by atoms with van der Waals surface area (Å²) in [6, 6.07) is 7.79. The quantitative estimate of drug-likeness (QED) is 0.933. The van der Waals surface area contributed by atoms with Crippen LogP contribution < -0.4 is 4.90 Å². The zero-order valence-corrected chi connectivity index (χ0v) is 11.8. The van der Waals surface area contributed by atoms with Gasteiger partial charge in [-0.25, -0.2) is 0 Å². The van der Waals surface area contributed by atoms with Crippen molar-refractivity contribution in [2.45, 2.75) is 19.8 Å². The number of anilines is 1. The second kappa shape index (κ2) is 5.55. The lowest BCUT2D eigenvalue weighted by Crippen LogP contribution is -2.38. The van der Waals surface area contributed by atoms with E-state index in [2.05, 4.69) is 15.0 Å². The number of nitrogens with zero attached hydrogens (tertiary/aromatic N) is 3. The van der Waals surface area contributed by atoms with Crippen LogP contribution in [-0.4, -0.2) is 34.3 Å². The van der Waals surface area contributed by atoms with E-state index >= 15 is 0 Å². The molecule has 0 amide bonds. The molecule has 1 unspecified atom stereocenters. The Morgan fingerprint density at radius 3 is 2.76 bits per heavy atom. The monoisotopic (exact) mass is 287 g/mol. The molecule has 6 heteroatoms. The molecule has 21 heavy (non-hydrogen) atoms. The van der Waals surface area contributed by atoms with Crippen molar-refractivity contribution in [3.63, 3.8) is 0 Å². The van der Waals surface area contributed by atoms with Gasteiger partial charge in [-0.15, -0.1) is 0 Å². The van der Waals surface area contributed by atoms with Crippen LogP contribution in [0.3, 0.4) is 0 Å². The summed E-state index contributed by atoms with van der Waals surface area (Å²) in [6.07, 6.45) is 1.66. The van der Waals surface area contributed by atoms with Crippen LogP contribution in [0.2, 0.25) is 0 Å². The molecule has 2 heterocycles. The van der Waals surface area contributed by atoms with Gasteiger partial charge in [-0.1, -0.05) is 5.16 Å². The summed E-state index contributed by atoms with van der Waals surface area (Å²) >= 11 is 0. The van der Waals surface area contributed by atoms with Crippen molar-refractivity contribution >= 4 is 11.7 Å². The Hall–Kier alpha value is -2.37. The molecule has 1 aliphatic rings. The summed E-state index contributed by atoms with van der Waals surface area (Å²) in [5.41, 5.74) is 1.90. The lowest BCUT2D eigenvalue weighted by Gasteiger charge is -2.32. The first-order valence-electron chi connectivity index (χ1n) is 7.02. The van der Waals surface area contributed by atoms with Gasteiger partial charge in [0.25, 0.3) is 5.89 Å². The highest BCUT2D eigenvalue weighted by atomic mass is 16.5. The Bertz CT molecular complexity index is 636. The van der Waals surface area contributed by atoms with Gasteiger partial charge >= 0.3 is 5.97 Å². The molecule has 1 fully saturated rings. The molecular formula is C15H17N3O3. The minimum absolute atomic E-state index is 0.281. The van der Waals surface area contributed by atoms with Gasteiger partial charge in [0.1, 0.15) is 0 Å². The fourth-order valence-corrected chi connectivity index (χ4v) is 2.64. The minimum atomic E-state index is -0.711. The lowest BCUT2D eigenvalue weighted by atomic mass is 9.97. The minimum Gasteiger partial charge on any atom is -0.481 e. The van der Waals surface area contributed by atoms with Gasteiger partial charge in [-0.05, 0) is 44.0 Å². The van der Waals surface area contributed by atoms with E-state index in [1.54, 1.807) is 6.92 Å². The lowest BCUT2D eigenvalue weighted by molar-refractivity contribution is -0.141. The molecule has 0 spiro atoms. The molecule has 1 aromatic heterocycles. The van der Waals surface area contributed by atoms with Crippen LogP contribution in [0.5, 0.6) is 0 Å². The molecule has 1 saturated heterocycles. The molecule has 110 valence electrons. The predicted octanol–water partition coefficient (Wildman–Crippen LogP) is 2.35. The number of aliphatic carboxylic acids is 1. The van der Waals surface area contributed by atoms with Gasteiger partial charge in [0.15, 0.2) is 5.82 Å². The number of aryl methyl sites for hydroxylation is 1. The van der Waals surface area contributed by atoms with Crippen molar-refractivity contribution in [2.75, 3.05) is 18.0 Å². The summed E-state index contributed by atoms with van der Waals surface area (Å²) < 4.78 is 5.13. The number of hydrogen-bond donors (Lipinski definition) is 1. The van der Waals surface area contributed by atoms with E-state index in [1.165, 1.54) is 0 Å². The van der Waals surface area contributed by atoms with Gasteiger partial charge in [-0.3, -0.25) is 4.79 Å². The molecule has 1 N–H and O–H groups in total. The maximum atomic E-state index is 11.1. The molecule has 0 radical (unpaired) electrons. The van der Waals surface area contributed by atoms with Crippen LogP contribution in [-0.2, 0) is 4.79 Å². The number of hydrogen-bond acceptors (Lipinski definition) is 5. The molecule has 0 saturated carbocycles. The number of piperidine rings is 1. The van der Waals surface area contributed by atoms with Crippen LogP contribution in [0.25, 0.3) is 11.5 Å². The van der Waals surface area contributed by atoms with Crippen LogP contribution in [0.1, 0.15) is 18.7 Å². The van der Waals surface area contributed by atoms with Crippen LogP contribution in [0.15, 0.2) is 28.8 Å². The number of carboxylic acids is 1. The second-order valence-electron chi connectivity index (χ2n) is 5.32. The fourth-order valence-electron chi connectivity index (χ4n) is 2.64. The van der Waals surface area contributed by atoms with E-state index in [-0.39, 0.29) is 5.92 Å². The zero-order chi connectivity index (χ0) is 14.8. The number of carbonyl (C=O) groups is 1. The van der Waals surface area contributed by atoms with Gasteiger partial charge in [0, 0.05) is 24.3 Å². The smallest absolute Gasteiger partial charge is 0.308 e. The maximum absolute atomic E-state index is 11.1. The van der Waals surface area contributed by atoms with Crippen LogP contribution >= 0.6 is 0 Å². The van der Waals surface area contributed by atoms with E-state index in [9.17, 15) is 4.79 Å². The normalized spacial score (nSPS) is 18.7. The first-order chi connectivity index (χ1) is 10.1. The highest BCUT2D eigenvalue weighted by molar-refractivity contribution is 5.71. The van der Waals surface area contributed by atoms with Crippen molar-refractivity contribution in [2.24, 2.45) is 5.92 Å². The van der Waals surface area contributed by atoms with E-state index in [0.29, 0.717) is 18.3 Å². The van der Waals surface area contributed by atoms with Crippen molar-refractivity contribution in [1.29, 1.82) is 0 Å². The van der Waals surface area contributed by atoms with Gasteiger partial charge < -0.3 is 14.5 Å². The van der Waals surface area contributed by atoms with Crippen LogP contribution in [0, 0.1) is 12.8 Å². The first kappa shape index (κ1) is 13.6. The third-order valence-electron chi connectivity index (χ3n) is 3.78. The standard InChI is InChI=1S/C15H17N3O3/c1-10-16-14(21-17-10)11-4-6-13(7-5-11)18-8-2-3-12(9-18)15(19)20/h4-7,12H,2-3,8-9H2,1H3,(H,19,20). The summed E-state index contributed by atoms with van der Waals surface area (Å²) in [7, 11) is 0. The SMILES string of the molecule is Cc1noc(-c2ccc(N3CCCC(C(=O)O)C3)cc2)n1. The molecular weight excluding hydrogens is 270 g/mol. The van der Waals surface area contributed by atoms with Crippen molar-refractivity contribution in [3.05, 3.63) is 30.1 Å². The summed E-state index contributed by atoms with van der Waals surface area (Å²) in [5.74, 6) is 0.116. The molecule has 1 atom stereocenters. The Kier molecular flexibility index (Phi) is 3.60. The van der Waals surface area contributed by atoms with E-state index in [1.807, 2.05) is 24.3 Å². The number of carboxylic acid groups (broad SMARTS) is 1. The average Bonchev–Trinajstić information content (AvgIpc) is 2.94. The third-order valence-corrected chi connectivity index (χ3v) is 3.78. The van der Waals surface area contributed by atoms with Crippen molar-refractivity contribution in [3.8, 4) is 11.5 Å². The largest absolute Gasteiger partial charge is 0.481 e. The molecule has 6 nitrogen and oxygen atoms in total. The molecule has 2 aromatic rings. The molecule has 1 aromatic carbocycles. The van der Waals surface area contributed by atoms with Gasteiger partial charge in [-0.2, -0.15) is 4.98 Å². The van der Waals surface area contributed by atoms with Gasteiger partial charge in [0.05, 0.1) is 5.92 Å². The Morgan fingerprint density at radius 1 is 1.38 bits per heavy atom. The summed E-state index contributed by atoms with van der Waals surface area (Å²) in [6.45, 7) is 3.23. The predicted molar refractivity (Wildman–Crippen MR) is 77.0 cm³/mol. The van der Waals surface area contributed by atoms with Crippen molar-refractivity contribution in [1.82, 2.24) is 10.1 Å². The first-order valence-corrected chi connectivity index (χ1v) is 7.02. The summed E-state index contributed by atoms with van der Waals surface area (Å²) in [5, 5.41) is 12.9. The van der Waals surface area contributed by atoms with Crippen LogP contribution in [0.4, 0.5) is 5.69 Å². The molecule has 0 aliphatic carbocycles. The molecule has 3 rings (SSSR count). The maximum Gasteiger partial charge on any atom is 0.308 e. The average molecular weight is 287 g/mol. The Morgan fingerprint density at radius 2 is 2.14 bits per heavy atom. The highest BCUT2D eigenvalue weighted by Crippen LogP contribution is 2.26. The zero-order valence-electron chi connectivity index (χ0n) is 11.8. The van der Waals surface area contributed by atoms with Crippen molar-refractivity contribution < 1.29 is 14.4 Å². The number of benzene rings is 1. The van der Waals surface area contributed by atoms with E-state index in [0.717, 1.165) is 30.6 Å². The summed E-state index contributed by atoms with van der Waals surface area (Å²) in [4.78, 5) is 17.4. The van der Waals surface area contributed by atoms with Gasteiger partial charge in [0.2, 0.25) is 0 Å². The highest BCUT2D eigenvalue weighted by Gasteiger charge is 2.25. The fraction of sp³-hybridized carbons (Fsp3) is 0.400. The Labute approximate surface area is 122 Å². The second-order valence-corrected chi connectivity index (χ2v) is 5.32. The Balaban J connectivity index is 1.76. The molecule has 0 bridgehead atoms. The number of aromatic nitrogens is 2. The van der Waals surface area contributed by atoms with E-state index < -0.39 is 5.97 Å².